The Morgan fingerprint density at radius 3 is 2.67 bits per heavy atom. The topological polar surface area (TPSA) is 61.7 Å². The Labute approximate surface area is 108 Å². The first-order valence-corrected chi connectivity index (χ1v) is 6.58. The lowest BCUT2D eigenvalue weighted by molar-refractivity contribution is 0.650. The van der Waals surface area contributed by atoms with Crippen LogP contribution in [0.5, 0.6) is 0 Å². The number of aromatic nitrogens is 4. The number of aryl methyl sites for hydroxylation is 2. The number of anilines is 1. The predicted octanol–water partition coefficient (Wildman–Crippen LogP) is 2.32. The maximum Gasteiger partial charge on any atom is 0.133 e. The van der Waals surface area contributed by atoms with Crippen LogP contribution >= 0.6 is 0 Å². The monoisotopic (exact) mass is 247 g/mol. The minimum absolute atomic E-state index is 0.754. The van der Waals surface area contributed by atoms with Crippen LogP contribution in [0.4, 0.5) is 5.82 Å². The lowest BCUT2D eigenvalue weighted by Gasteiger charge is -2.07. The van der Waals surface area contributed by atoms with E-state index in [4.69, 9.17) is 5.73 Å². The Balaban J connectivity index is 2.52. The standard InChI is InChI=1S/C13H21N5/c1-4-7-18-11(5-2)16-12(13(18)14)10-8-15-9-17(10)6-3/h8-9H,4-7,14H2,1-3H3. The third-order valence-electron chi connectivity index (χ3n) is 3.14. The molecule has 0 fully saturated rings. The van der Waals surface area contributed by atoms with Gasteiger partial charge in [0.15, 0.2) is 0 Å². The molecule has 0 aliphatic rings. The highest BCUT2D eigenvalue weighted by Crippen LogP contribution is 2.26. The molecule has 5 heteroatoms. The Bertz CT molecular complexity index is 523. The maximum atomic E-state index is 6.24. The molecule has 2 rings (SSSR count). The smallest absolute Gasteiger partial charge is 0.133 e. The molecule has 0 amide bonds. The number of rotatable bonds is 5. The van der Waals surface area contributed by atoms with Gasteiger partial charge in [-0.1, -0.05) is 13.8 Å². The van der Waals surface area contributed by atoms with Gasteiger partial charge < -0.3 is 14.9 Å². The summed E-state index contributed by atoms with van der Waals surface area (Å²) < 4.78 is 4.18. The van der Waals surface area contributed by atoms with Crippen LogP contribution in [0.2, 0.25) is 0 Å². The molecule has 0 aliphatic heterocycles. The molecule has 0 bridgehead atoms. The predicted molar refractivity (Wildman–Crippen MR) is 73.2 cm³/mol. The van der Waals surface area contributed by atoms with Gasteiger partial charge in [0.25, 0.3) is 0 Å². The zero-order chi connectivity index (χ0) is 13.1. The Morgan fingerprint density at radius 2 is 2.06 bits per heavy atom. The zero-order valence-electron chi connectivity index (χ0n) is 11.3. The van der Waals surface area contributed by atoms with Crippen LogP contribution in [0.3, 0.4) is 0 Å². The van der Waals surface area contributed by atoms with Crippen molar-refractivity contribution >= 4 is 5.82 Å². The number of hydrogen-bond donors (Lipinski definition) is 1. The minimum atomic E-state index is 0.754. The SMILES string of the molecule is CCCn1c(CC)nc(-c2cncn2CC)c1N. The molecule has 0 radical (unpaired) electrons. The van der Waals surface area contributed by atoms with Crippen molar-refractivity contribution in [1.29, 1.82) is 0 Å². The van der Waals surface area contributed by atoms with Gasteiger partial charge in [0.1, 0.15) is 17.3 Å². The molecular weight excluding hydrogens is 226 g/mol. The van der Waals surface area contributed by atoms with Crippen LogP contribution in [-0.2, 0) is 19.5 Å². The van der Waals surface area contributed by atoms with Gasteiger partial charge in [-0.25, -0.2) is 9.97 Å². The fraction of sp³-hybridized carbons (Fsp3) is 0.538. The Kier molecular flexibility index (Phi) is 3.69. The summed E-state index contributed by atoms with van der Waals surface area (Å²) in [5.41, 5.74) is 8.10. The van der Waals surface area contributed by atoms with Crippen LogP contribution in [0.25, 0.3) is 11.4 Å². The van der Waals surface area contributed by atoms with Crippen LogP contribution in [-0.4, -0.2) is 19.1 Å². The van der Waals surface area contributed by atoms with Gasteiger partial charge >= 0.3 is 0 Å². The van der Waals surface area contributed by atoms with Crippen molar-refractivity contribution in [2.75, 3.05) is 5.73 Å². The van der Waals surface area contributed by atoms with Gasteiger partial charge in [-0.05, 0) is 13.3 Å². The second kappa shape index (κ2) is 5.25. The highest BCUT2D eigenvalue weighted by atomic mass is 15.2. The van der Waals surface area contributed by atoms with E-state index in [-0.39, 0.29) is 0 Å². The number of imidazole rings is 2. The van der Waals surface area contributed by atoms with Gasteiger partial charge in [0, 0.05) is 19.5 Å². The fourth-order valence-electron chi connectivity index (χ4n) is 2.22. The lowest BCUT2D eigenvalue weighted by atomic mass is 10.3. The lowest BCUT2D eigenvalue weighted by Crippen LogP contribution is -2.06. The molecule has 98 valence electrons. The van der Waals surface area contributed by atoms with Gasteiger partial charge in [0.2, 0.25) is 0 Å². The van der Waals surface area contributed by atoms with Gasteiger partial charge in [-0.2, -0.15) is 0 Å². The summed E-state index contributed by atoms with van der Waals surface area (Å²) in [7, 11) is 0. The summed E-state index contributed by atoms with van der Waals surface area (Å²) in [4.78, 5) is 8.85. The fourth-order valence-corrected chi connectivity index (χ4v) is 2.22. The summed E-state index contributed by atoms with van der Waals surface area (Å²) in [5.74, 6) is 1.80. The van der Waals surface area contributed by atoms with Crippen molar-refractivity contribution in [3.63, 3.8) is 0 Å². The first-order chi connectivity index (χ1) is 8.72. The molecule has 2 aromatic heterocycles. The Morgan fingerprint density at radius 1 is 1.28 bits per heavy atom. The van der Waals surface area contributed by atoms with Crippen molar-refractivity contribution in [1.82, 2.24) is 19.1 Å². The highest BCUT2D eigenvalue weighted by molar-refractivity contribution is 5.68. The molecule has 0 unspecified atom stereocenters. The molecular formula is C13H21N5. The summed E-state index contributed by atoms with van der Waals surface area (Å²) >= 11 is 0. The van der Waals surface area contributed by atoms with Crippen molar-refractivity contribution < 1.29 is 0 Å². The number of hydrogen-bond acceptors (Lipinski definition) is 3. The second-order valence-electron chi connectivity index (χ2n) is 4.33. The first kappa shape index (κ1) is 12.7. The molecule has 0 saturated heterocycles. The van der Waals surface area contributed by atoms with E-state index in [0.29, 0.717) is 0 Å². The van der Waals surface area contributed by atoms with Crippen LogP contribution in [0, 0.1) is 0 Å². The Hall–Kier alpha value is -1.78. The van der Waals surface area contributed by atoms with E-state index < -0.39 is 0 Å². The third-order valence-corrected chi connectivity index (χ3v) is 3.14. The van der Waals surface area contributed by atoms with Gasteiger partial charge in [-0.15, -0.1) is 0 Å². The summed E-state index contributed by atoms with van der Waals surface area (Å²) in [6, 6.07) is 0. The van der Waals surface area contributed by atoms with Crippen molar-refractivity contribution in [2.45, 2.75) is 46.7 Å². The van der Waals surface area contributed by atoms with E-state index in [0.717, 1.165) is 49.0 Å². The van der Waals surface area contributed by atoms with E-state index in [1.165, 1.54) is 0 Å². The molecule has 0 aromatic carbocycles. The van der Waals surface area contributed by atoms with Crippen molar-refractivity contribution in [3.05, 3.63) is 18.3 Å². The van der Waals surface area contributed by atoms with Crippen LogP contribution in [0.1, 0.15) is 33.0 Å². The van der Waals surface area contributed by atoms with Crippen molar-refractivity contribution in [3.8, 4) is 11.4 Å². The zero-order valence-corrected chi connectivity index (χ0v) is 11.3. The maximum absolute atomic E-state index is 6.24. The van der Waals surface area contributed by atoms with Crippen LogP contribution in [0.15, 0.2) is 12.5 Å². The molecule has 0 saturated carbocycles. The first-order valence-electron chi connectivity index (χ1n) is 6.58. The highest BCUT2D eigenvalue weighted by Gasteiger charge is 2.17. The average Bonchev–Trinajstić information content (AvgIpc) is 2.95. The van der Waals surface area contributed by atoms with E-state index in [1.54, 1.807) is 0 Å². The quantitative estimate of drug-likeness (QED) is 0.882. The number of nitrogens with zero attached hydrogens (tertiary/aromatic N) is 4. The molecule has 0 aliphatic carbocycles. The molecule has 2 N–H and O–H groups in total. The van der Waals surface area contributed by atoms with Gasteiger partial charge in [0.05, 0.1) is 18.2 Å². The van der Waals surface area contributed by atoms with Crippen LogP contribution < -0.4 is 5.73 Å². The minimum Gasteiger partial charge on any atom is -0.383 e. The summed E-state index contributed by atoms with van der Waals surface area (Å²) in [5, 5.41) is 0. The van der Waals surface area contributed by atoms with Gasteiger partial charge in [-0.3, -0.25) is 0 Å². The van der Waals surface area contributed by atoms with E-state index in [1.807, 2.05) is 12.5 Å². The largest absolute Gasteiger partial charge is 0.383 e. The third kappa shape index (κ3) is 2.00. The number of nitrogens with two attached hydrogens (primary N) is 1. The normalized spacial score (nSPS) is 11.1. The second-order valence-corrected chi connectivity index (χ2v) is 4.33. The molecule has 18 heavy (non-hydrogen) atoms. The summed E-state index contributed by atoms with van der Waals surface area (Å²) in [6.07, 6.45) is 5.60. The molecule has 0 spiro atoms. The molecule has 2 heterocycles. The molecule has 0 atom stereocenters. The van der Waals surface area contributed by atoms with E-state index >= 15 is 0 Å². The summed E-state index contributed by atoms with van der Waals surface area (Å²) in [6.45, 7) is 8.13. The molecule has 5 nitrogen and oxygen atoms in total. The van der Waals surface area contributed by atoms with E-state index in [2.05, 4.69) is 39.9 Å². The van der Waals surface area contributed by atoms with E-state index in [9.17, 15) is 0 Å². The molecule has 2 aromatic rings. The number of nitrogen functional groups attached to an aromatic ring is 1. The average molecular weight is 247 g/mol. The van der Waals surface area contributed by atoms with Crippen molar-refractivity contribution in [2.24, 2.45) is 0 Å².